The summed E-state index contributed by atoms with van der Waals surface area (Å²) in [7, 11) is 0. The Morgan fingerprint density at radius 1 is 0.446 bits per heavy atom. The molecule has 101 heavy (non-hydrogen) atoms. The number of H-pyrrole nitrogens is 1. The summed E-state index contributed by atoms with van der Waals surface area (Å²) < 4.78 is 0. The molecular weight excluding hydrogens is 1300 g/mol. The Morgan fingerprint density at radius 2 is 0.871 bits per heavy atom. The molecule has 1 heterocycles. The number of benzene rings is 3. The molecule has 12 amide bonds. The van der Waals surface area contributed by atoms with Crippen LogP contribution in [0.15, 0.2) is 90.1 Å². The summed E-state index contributed by atoms with van der Waals surface area (Å²) in [5.74, 6) is -10.0. The van der Waals surface area contributed by atoms with Crippen molar-refractivity contribution in [1.82, 2.24) is 63.5 Å². The van der Waals surface area contributed by atoms with Crippen LogP contribution in [0.25, 0.3) is 10.9 Å². The smallest absolute Gasteiger partial charge is 0.243 e. The van der Waals surface area contributed by atoms with Gasteiger partial charge < -0.3 is 97.2 Å². The lowest BCUT2D eigenvalue weighted by atomic mass is 9.98. The molecule has 0 fully saturated rings. The Hall–Kier alpha value is -10.2. The van der Waals surface area contributed by atoms with Gasteiger partial charge in [0.2, 0.25) is 70.9 Å². The summed E-state index contributed by atoms with van der Waals surface area (Å²) >= 11 is 0. The van der Waals surface area contributed by atoms with E-state index in [1.807, 2.05) is 52.0 Å². The second kappa shape index (κ2) is 42.1. The number of fused-ring (bicyclic) bond motifs is 1. The molecule has 1 aromatic heterocycles. The number of guanidine groups is 1. The minimum atomic E-state index is -1.36. The van der Waals surface area contributed by atoms with E-state index in [4.69, 9.17) is 28.7 Å². The summed E-state index contributed by atoms with van der Waals surface area (Å²) in [5, 5.41) is 40.1. The van der Waals surface area contributed by atoms with Gasteiger partial charge in [0.25, 0.3) is 0 Å². The molecular formula is C70H106N18O13. The van der Waals surface area contributed by atoms with Gasteiger partial charge in [-0.05, 0) is 131 Å². The molecule has 0 unspecified atom stereocenters. The van der Waals surface area contributed by atoms with Crippen LogP contribution < -0.4 is 87.2 Å². The van der Waals surface area contributed by atoms with Crippen LogP contribution in [-0.2, 0) is 76.8 Å². The number of amides is 12. The second-order valence-corrected chi connectivity index (χ2v) is 26.7. The Bertz CT molecular complexity index is 3450. The summed E-state index contributed by atoms with van der Waals surface area (Å²) in [5.41, 5.74) is 30.9. The zero-order valence-corrected chi connectivity index (χ0v) is 59.2. The Balaban J connectivity index is 1.50. The first-order valence-corrected chi connectivity index (χ1v) is 34.2. The van der Waals surface area contributed by atoms with Crippen LogP contribution >= 0.6 is 0 Å². The van der Waals surface area contributed by atoms with E-state index in [9.17, 15) is 62.6 Å². The number of unbranched alkanes of at least 4 members (excludes halogenated alkanes) is 1. The van der Waals surface area contributed by atoms with Crippen molar-refractivity contribution in [1.29, 1.82) is 0 Å². The van der Waals surface area contributed by atoms with Gasteiger partial charge in [0.05, 0.1) is 12.6 Å². The highest BCUT2D eigenvalue weighted by Gasteiger charge is 2.36. The first-order chi connectivity index (χ1) is 47.7. The van der Waals surface area contributed by atoms with Gasteiger partial charge in [-0.1, -0.05) is 102 Å². The van der Waals surface area contributed by atoms with Crippen molar-refractivity contribution in [2.75, 3.05) is 19.6 Å². The molecule has 31 nitrogen and oxygen atoms in total. The van der Waals surface area contributed by atoms with Crippen LogP contribution in [0.4, 0.5) is 0 Å². The normalized spacial score (nSPS) is 14.5. The van der Waals surface area contributed by atoms with Crippen molar-refractivity contribution in [3.8, 4) is 5.75 Å². The second-order valence-electron chi connectivity index (χ2n) is 26.7. The molecule has 0 saturated heterocycles. The van der Waals surface area contributed by atoms with E-state index in [1.54, 1.807) is 62.5 Å². The highest BCUT2D eigenvalue weighted by molar-refractivity contribution is 5.99. The van der Waals surface area contributed by atoms with Gasteiger partial charge in [-0.25, -0.2) is 0 Å². The number of aromatic amines is 1. The topological polar surface area (TPSA) is 516 Å². The van der Waals surface area contributed by atoms with Gasteiger partial charge in [0, 0.05) is 42.9 Å². The Kier molecular flexibility index (Phi) is 34.7. The zero-order chi connectivity index (χ0) is 75.0. The fourth-order valence-electron chi connectivity index (χ4n) is 10.8. The third-order valence-corrected chi connectivity index (χ3v) is 16.2. The van der Waals surface area contributed by atoms with E-state index in [-0.39, 0.29) is 100 Å². The number of aromatic nitrogens is 1. The average Bonchev–Trinajstić information content (AvgIpc) is 1.73. The summed E-state index contributed by atoms with van der Waals surface area (Å²) in [6.07, 6.45) is 2.80. The van der Waals surface area contributed by atoms with Gasteiger partial charge >= 0.3 is 0 Å². The largest absolute Gasteiger partial charge is 0.508 e. The van der Waals surface area contributed by atoms with Crippen molar-refractivity contribution in [2.24, 2.45) is 51.4 Å². The molecule has 23 N–H and O–H groups in total. The van der Waals surface area contributed by atoms with E-state index in [0.29, 0.717) is 29.5 Å². The molecule has 0 aliphatic carbocycles. The maximum Gasteiger partial charge on any atom is 0.243 e. The highest BCUT2D eigenvalue weighted by Crippen LogP contribution is 2.20. The third kappa shape index (κ3) is 29.7. The number of aromatic hydroxyl groups is 1. The molecule has 4 rings (SSSR count). The molecule has 31 heteroatoms. The lowest BCUT2D eigenvalue weighted by molar-refractivity contribution is -0.136. The van der Waals surface area contributed by atoms with Gasteiger partial charge in [-0.15, -0.1) is 0 Å². The highest BCUT2D eigenvalue weighted by atomic mass is 16.3. The average molecular weight is 1410 g/mol. The van der Waals surface area contributed by atoms with Crippen molar-refractivity contribution in [3.63, 3.8) is 0 Å². The molecule has 4 aromatic rings. The monoisotopic (exact) mass is 1410 g/mol. The Labute approximate surface area is 589 Å². The molecule has 0 radical (unpaired) electrons. The maximum absolute atomic E-state index is 14.7. The first-order valence-electron chi connectivity index (χ1n) is 34.2. The van der Waals surface area contributed by atoms with Gasteiger partial charge in [-0.3, -0.25) is 62.5 Å². The summed E-state index contributed by atoms with van der Waals surface area (Å²) in [4.78, 5) is 173. The van der Waals surface area contributed by atoms with E-state index in [0.717, 1.165) is 10.9 Å². The van der Waals surface area contributed by atoms with Crippen LogP contribution in [0.5, 0.6) is 5.75 Å². The summed E-state index contributed by atoms with van der Waals surface area (Å²) in [6, 6.07) is 8.39. The lowest BCUT2D eigenvalue weighted by Gasteiger charge is -2.29. The number of para-hydroxylation sites is 1. The number of nitrogens with one attached hydrogen (secondary N) is 12. The predicted molar refractivity (Wildman–Crippen MR) is 382 cm³/mol. The van der Waals surface area contributed by atoms with Crippen LogP contribution in [0.3, 0.4) is 0 Å². The molecule has 0 aliphatic heterocycles. The number of hydrogen-bond donors (Lipinski definition) is 18. The van der Waals surface area contributed by atoms with Gasteiger partial charge in [-0.2, -0.15) is 0 Å². The summed E-state index contributed by atoms with van der Waals surface area (Å²) in [6.45, 7) is 14.8. The minimum absolute atomic E-state index is 0.00619. The fraction of sp³-hybridized carbons (Fsp3) is 0.529. The zero-order valence-electron chi connectivity index (χ0n) is 59.2. The number of phenols is 1. The van der Waals surface area contributed by atoms with Gasteiger partial charge in [0.15, 0.2) is 5.96 Å². The fourth-order valence-corrected chi connectivity index (χ4v) is 10.8. The van der Waals surface area contributed by atoms with Crippen molar-refractivity contribution in [2.45, 2.75) is 199 Å². The van der Waals surface area contributed by atoms with Crippen molar-refractivity contribution >= 4 is 87.7 Å². The molecule has 0 saturated carbocycles. The van der Waals surface area contributed by atoms with Crippen LogP contribution in [0.1, 0.15) is 130 Å². The molecule has 554 valence electrons. The van der Waals surface area contributed by atoms with Crippen LogP contribution in [0.2, 0.25) is 0 Å². The quantitative estimate of drug-likeness (QED) is 0.0144. The van der Waals surface area contributed by atoms with Crippen molar-refractivity contribution < 1.29 is 62.6 Å². The predicted octanol–water partition coefficient (Wildman–Crippen LogP) is -0.941. The number of phenolic OH excluding ortho intramolecular Hbond substituents is 1. The molecule has 0 aliphatic rings. The molecule has 0 bridgehead atoms. The number of carbonyl (C=O) groups is 12. The minimum Gasteiger partial charge on any atom is -0.508 e. The maximum atomic E-state index is 14.7. The first kappa shape index (κ1) is 83.3. The number of hydrogen-bond acceptors (Lipinski definition) is 16. The van der Waals surface area contributed by atoms with Gasteiger partial charge in [0.1, 0.15) is 66.2 Å². The number of carbonyl (C=O) groups excluding carboxylic acids is 12. The molecule has 11 atom stereocenters. The van der Waals surface area contributed by atoms with Crippen molar-refractivity contribution in [3.05, 3.63) is 102 Å². The number of primary amides is 1. The lowest BCUT2D eigenvalue weighted by Crippen LogP contribution is -2.61. The number of aliphatic imine (C=N–C) groups is 1. The number of nitrogens with two attached hydrogens (primary N) is 5. The van der Waals surface area contributed by atoms with Crippen LogP contribution in [0, 0.1) is 17.8 Å². The van der Waals surface area contributed by atoms with E-state index < -0.39 is 144 Å². The van der Waals surface area contributed by atoms with Crippen LogP contribution in [-0.4, -0.2) is 173 Å². The van der Waals surface area contributed by atoms with E-state index in [1.165, 1.54) is 32.9 Å². The molecule has 0 spiro atoms. The van der Waals surface area contributed by atoms with E-state index >= 15 is 0 Å². The number of nitrogens with zero attached hydrogens (tertiary/aromatic N) is 1. The SMILES string of the molecule is CC(C)C[C@H](NC(=O)[C@H](CCCCN)NC(=O)[C@H](CC(C)C)NC(=O)[C@H](CC(C)C)NC(=O)[C@H](Cc1ccccc1)NC(=O)[C@H](Cc1ccc(O)cc1)NC(=O)[C@H](C)NC(=O)[C@H](C)N)C(=O)N[C@@H](C)C(=O)NCC(=O)N[C@@H](CCCN=C(N)N)C(=O)N[C@@H](Cc1c[nH]c2ccccc12)C(N)=O. The Morgan fingerprint density at radius 3 is 1.39 bits per heavy atom. The number of rotatable bonds is 43. The standard InChI is InChI=1S/C70H106N18O13/c1-38(2)30-53(65(97)80-42(8)61(93)78-37-58(90)81-50(23-17-29-76-70(74)75)63(95)83-52(59(73)91)35-46-36-77-49-21-14-13-20-48(46)49)85-64(96)51(22-15-16-28-71)82-66(98)54(31-39(3)4)86-67(99)55(32-40(5)6)87-69(101)57(33-44-18-11-10-12-19-44)88-68(100)56(34-45-24-26-47(89)27-25-45)84-62(94)43(9)79-60(92)41(7)72/h10-14,18-21,24-27,36,38-43,50-57,77,89H,15-17,22-23,28-35,37,71-72H2,1-9H3,(H2,73,91)(H,78,93)(H,79,92)(H,80,97)(H,81,90)(H,82,98)(H,83,95)(H,84,94)(H,85,96)(H,86,99)(H,87,101)(H,88,100)(H4,74,75,76)/t41-,42-,43-,50-,51-,52-,53-,54-,55-,56-,57-/m0/s1. The van der Waals surface area contributed by atoms with E-state index in [2.05, 4.69) is 68.5 Å². The molecule has 3 aromatic carbocycles. The third-order valence-electron chi connectivity index (χ3n) is 16.2.